The van der Waals surface area contributed by atoms with E-state index in [2.05, 4.69) is 15.9 Å². The van der Waals surface area contributed by atoms with E-state index in [-0.39, 0.29) is 23.3 Å². The van der Waals surface area contributed by atoms with Crippen LogP contribution in [0, 0.1) is 18.3 Å². The summed E-state index contributed by atoms with van der Waals surface area (Å²) in [5.74, 6) is -0.522. The van der Waals surface area contributed by atoms with Gasteiger partial charge in [0.15, 0.2) is 6.61 Å². The molecule has 1 N–H and O–H groups in total. The Labute approximate surface area is 182 Å². The van der Waals surface area contributed by atoms with E-state index in [9.17, 15) is 20.0 Å². The third-order valence-corrected chi connectivity index (χ3v) is 5.41. The Morgan fingerprint density at radius 3 is 2.43 bits per heavy atom. The highest BCUT2D eigenvalue weighted by Gasteiger charge is 2.26. The van der Waals surface area contributed by atoms with Crippen LogP contribution in [0.3, 0.4) is 0 Å². The number of aromatic nitrogens is 1. The van der Waals surface area contributed by atoms with Crippen LogP contribution in [0.25, 0.3) is 0 Å². The van der Waals surface area contributed by atoms with Crippen LogP contribution in [0.1, 0.15) is 40.0 Å². The van der Waals surface area contributed by atoms with Gasteiger partial charge in [-0.05, 0) is 49.2 Å². The number of ketones is 1. The zero-order valence-electron chi connectivity index (χ0n) is 16.4. The fourth-order valence-corrected chi connectivity index (χ4v) is 3.51. The number of hydrogen-bond acceptors (Lipinski definition) is 5. The number of halogens is 1. The van der Waals surface area contributed by atoms with Crippen LogP contribution in [-0.2, 0) is 0 Å². The van der Waals surface area contributed by atoms with Gasteiger partial charge >= 0.3 is 0 Å². The van der Waals surface area contributed by atoms with E-state index in [1.165, 1.54) is 6.92 Å². The van der Waals surface area contributed by atoms with E-state index < -0.39 is 23.3 Å². The van der Waals surface area contributed by atoms with E-state index in [4.69, 9.17) is 4.74 Å². The third kappa shape index (κ3) is 4.14. The first kappa shape index (κ1) is 21.3. The standard InChI is InChI=1S/C23H19BrN2O4/c1-14-19(12-25)22(28)26(15(2)16-6-4-3-5-7-16)23(29)21(14)20(27)13-30-18-10-8-17(24)9-11-18/h3-11,15,29H,13H2,1-2H3. The summed E-state index contributed by atoms with van der Waals surface area (Å²) in [6.07, 6.45) is 0. The van der Waals surface area contributed by atoms with Gasteiger partial charge in [0.2, 0.25) is 11.7 Å². The monoisotopic (exact) mass is 466 g/mol. The molecule has 0 radical (unpaired) electrons. The Morgan fingerprint density at radius 1 is 1.20 bits per heavy atom. The van der Waals surface area contributed by atoms with Crippen molar-refractivity contribution in [2.75, 3.05) is 6.61 Å². The second-order valence-electron chi connectivity index (χ2n) is 6.74. The molecule has 152 valence electrons. The first-order valence-electron chi connectivity index (χ1n) is 9.19. The largest absolute Gasteiger partial charge is 0.494 e. The molecule has 30 heavy (non-hydrogen) atoms. The Balaban J connectivity index is 2.03. The highest BCUT2D eigenvalue weighted by atomic mass is 79.9. The van der Waals surface area contributed by atoms with Crippen LogP contribution >= 0.6 is 15.9 Å². The number of rotatable bonds is 6. The number of aromatic hydroxyl groups is 1. The molecule has 0 saturated heterocycles. The van der Waals surface area contributed by atoms with Crippen molar-refractivity contribution in [2.24, 2.45) is 0 Å². The molecule has 7 heteroatoms. The molecule has 0 fully saturated rings. The summed E-state index contributed by atoms with van der Waals surface area (Å²) in [7, 11) is 0. The van der Waals surface area contributed by atoms with E-state index in [0.29, 0.717) is 5.75 Å². The molecule has 1 heterocycles. The minimum absolute atomic E-state index is 0.0916. The first-order chi connectivity index (χ1) is 14.3. The van der Waals surface area contributed by atoms with Crippen molar-refractivity contribution in [2.45, 2.75) is 19.9 Å². The first-order valence-corrected chi connectivity index (χ1v) is 9.99. The number of hydrogen-bond donors (Lipinski definition) is 1. The average Bonchev–Trinajstić information content (AvgIpc) is 2.74. The van der Waals surface area contributed by atoms with Crippen LogP contribution in [0.4, 0.5) is 0 Å². The molecular weight excluding hydrogens is 448 g/mol. The van der Waals surface area contributed by atoms with Crippen LogP contribution in [0.2, 0.25) is 0 Å². The van der Waals surface area contributed by atoms with E-state index in [1.807, 2.05) is 24.3 Å². The summed E-state index contributed by atoms with van der Waals surface area (Å²) < 4.78 is 7.47. The number of ether oxygens (including phenoxy) is 1. The molecule has 1 aromatic heterocycles. The summed E-state index contributed by atoms with van der Waals surface area (Å²) in [6, 6.07) is 17.3. The number of carbonyl (C=O) groups excluding carboxylic acids is 1. The number of nitriles is 1. The van der Waals surface area contributed by atoms with E-state index >= 15 is 0 Å². The summed E-state index contributed by atoms with van der Waals surface area (Å²) >= 11 is 3.33. The molecule has 6 nitrogen and oxygen atoms in total. The van der Waals surface area contributed by atoms with Crippen molar-refractivity contribution in [3.8, 4) is 17.7 Å². The maximum absolute atomic E-state index is 12.9. The van der Waals surface area contributed by atoms with Gasteiger partial charge < -0.3 is 9.84 Å². The van der Waals surface area contributed by atoms with Gasteiger partial charge in [-0.3, -0.25) is 14.2 Å². The Bertz CT molecular complexity index is 1180. The van der Waals surface area contributed by atoms with Crippen molar-refractivity contribution in [1.29, 1.82) is 5.26 Å². The molecule has 1 unspecified atom stereocenters. The number of Topliss-reactive ketones (excluding diaryl/α,β-unsaturated/α-hetero) is 1. The zero-order valence-corrected chi connectivity index (χ0v) is 18.0. The molecule has 0 amide bonds. The number of pyridine rings is 1. The fraction of sp³-hybridized carbons (Fsp3) is 0.174. The molecule has 3 rings (SSSR count). The molecule has 0 aliphatic heterocycles. The Kier molecular flexibility index (Phi) is 6.38. The minimum Gasteiger partial charge on any atom is -0.494 e. The normalized spacial score (nSPS) is 11.5. The third-order valence-electron chi connectivity index (χ3n) is 4.88. The number of carbonyl (C=O) groups is 1. The van der Waals surface area contributed by atoms with Crippen molar-refractivity contribution >= 4 is 21.7 Å². The van der Waals surface area contributed by atoms with Crippen LogP contribution in [0.5, 0.6) is 11.6 Å². The molecule has 3 aromatic rings. The van der Waals surface area contributed by atoms with Crippen molar-refractivity contribution in [1.82, 2.24) is 4.57 Å². The van der Waals surface area contributed by atoms with Crippen LogP contribution in [0.15, 0.2) is 63.9 Å². The SMILES string of the molecule is Cc1c(C(=O)COc2ccc(Br)cc2)c(O)n(C(C)c2ccccc2)c(=O)c1C#N. The molecular formula is C23H19BrN2O4. The second kappa shape index (κ2) is 8.97. The number of benzene rings is 2. The van der Waals surface area contributed by atoms with Crippen LogP contribution in [-0.4, -0.2) is 22.1 Å². The summed E-state index contributed by atoms with van der Waals surface area (Å²) in [5, 5.41) is 20.4. The van der Waals surface area contributed by atoms with Crippen molar-refractivity contribution in [3.63, 3.8) is 0 Å². The fourth-order valence-electron chi connectivity index (χ4n) is 3.25. The van der Waals surface area contributed by atoms with E-state index in [0.717, 1.165) is 14.6 Å². The maximum Gasteiger partial charge on any atom is 0.272 e. The smallest absolute Gasteiger partial charge is 0.272 e. The van der Waals surface area contributed by atoms with Crippen LogP contribution < -0.4 is 10.3 Å². The second-order valence-corrected chi connectivity index (χ2v) is 7.65. The predicted molar refractivity (Wildman–Crippen MR) is 116 cm³/mol. The van der Waals surface area contributed by atoms with Gasteiger partial charge in [-0.1, -0.05) is 46.3 Å². The molecule has 0 saturated carbocycles. The molecule has 2 aromatic carbocycles. The van der Waals surface area contributed by atoms with Crippen molar-refractivity contribution < 1.29 is 14.6 Å². The summed E-state index contributed by atoms with van der Waals surface area (Å²) in [4.78, 5) is 25.8. The Hall–Kier alpha value is -3.37. The molecule has 0 aliphatic rings. The lowest BCUT2D eigenvalue weighted by atomic mass is 10.00. The van der Waals surface area contributed by atoms with Gasteiger partial charge in [0.05, 0.1) is 11.6 Å². The lowest BCUT2D eigenvalue weighted by Crippen LogP contribution is -2.30. The van der Waals surface area contributed by atoms with Gasteiger partial charge in [0, 0.05) is 4.47 Å². The minimum atomic E-state index is -0.644. The van der Waals surface area contributed by atoms with Gasteiger partial charge in [-0.15, -0.1) is 0 Å². The maximum atomic E-state index is 12.9. The predicted octanol–water partition coefficient (Wildman–Crippen LogP) is 4.37. The average molecular weight is 467 g/mol. The lowest BCUT2D eigenvalue weighted by molar-refractivity contribution is 0.0916. The molecule has 0 spiro atoms. The van der Waals surface area contributed by atoms with Crippen molar-refractivity contribution in [3.05, 3.63) is 91.7 Å². The lowest BCUT2D eigenvalue weighted by Gasteiger charge is -2.21. The topological polar surface area (TPSA) is 92.3 Å². The zero-order chi connectivity index (χ0) is 21.8. The van der Waals surface area contributed by atoms with Gasteiger partial charge in [-0.2, -0.15) is 5.26 Å². The molecule has 1 atom stereocenters. The summed E-state index contributed by atoms with van der Waals surface area (Å²) in [5.41, 5.74) is -0.0177. The van der Waals surface area contributed by atoms with Gasteiger partial charge in [0.1, 0.15) is 17.4 Å². The van der Waals surface area contributed by atoms with E-state index in [1.54, 1.807) is 43.3 Å². The molecule has 0 aliphatic carbocycles. The van der Waals surface area contributed by atoms with Gasteiger partial charge in [0.25, 0.3) is 5.56 Å². The molecule has 0 bridgehead atoms. The quantitative estimate of drug-likeness (QED) is 0.544. The Morgan fingerprint density at radius 2 is 1.83 bits per heavy atom. The van der Waals surface area contributed by atoms with Gasteiger partial charge in [-0.25, -0.2) is 0 Å². The number of nitrogens with zero attached hydrogens (tertiary/aromatic N) is 2. The highest BCUT2D eigenvalue weighted by Crippen LogP contribution is 2.28. The summed E-state index contributed by atoms with van der Waals surface area (Å²) in [6.45, 7) is 2.85. The highest BCUT2D eigenvalue weighted by molar-refractivity contribution is 9.10.